The molecule has 1 aromatic rings. The molecule has 4 aliphatic carbocycles. The summed E-state index contributed by atoms with van der Waals surface area (Å²) >= 11 is 0. The molecule has 13 heteroatoms. The molecule has 4 saturated carbocycles. The number of carbonyl (C=O) groups is 2. The van der Waals surface area contributed by atoms with E-state index in [1.165, 1.54) is 6.07 Å². The first-order chi connectivity index (χ1) is 17.9. The highest BCUT2D eigenvalue weighted by molar-refractivity contribution is 7.85. The summed E-state index contributed by atoms with van der Waals surface area (Å²) in [5.74, 6) is -2.87. The Labute approximate surface area is 225 Å². The molecular formula is C26H32F3O9S-. The second-order valence-electron chi connectivity index (χ2n) is 11.6. The third kappa shape index (κ3) is 6.97. The molecule has 1 aromatic carbocycles. The Morgan fingerprint density at radius 2 is 1.69 bits per heavy atom. The SMILES string of the molecule is CCC(C)(C)Oc1cc(C(=O)OC23CC4CC(C2)CC(C(=O)OCCS(=O)(=O)[O-])(C4)C3)ccc1OC(F)(F)F. The molecule has 0 radical (unpaired) electrons. The zero-order valence-corrected chi connectivity index (χ0v) is 22.8. The number of alkyl halides is 3. The zero-order chi connectivity index (χ0) is 28.9. The maximum atomic E-state index is 13.3. The fourth-order valence-electron chi connectivity index (χ4n) is 6.48. The largest absolute Gasteiger partial charge is 0.748 e. The van der Waals surface area contributed by atoms with Crippen molar-refractivity contribution in [2.45, 2.75) is 83.3 Å². The summed E-state index contributed by atoms with van der Waals surface area (Å²) in [5.41, 5.74) is -2.81. The minimum atomic E-state index is -4.96. The Morgan fingerprint density at radius 1 is 1.05 bits per heavy atom. The van der Waals surface area contributed by atoms with Gasteiger partial charge in [0.15, 0.2) is 11.5 Å². The monoisotopic (exact) mass is 577 g/mol. The van der Waals surface area contributed by atoms with Crippen molar-refractivity contribution < 1.29 is 54.7 Å². The lowest BCUT2D eigenvalue weighted by Crippen LogP contribution is -2.60. The van der Waals surface area contributed by atoms with Gasteiger partial charge in [-0.1, -0.05) is 6.92 Å². The molecule has 0 amide bonds. The third-order valence-electron chi connectivity index (χ3n) is 7.96. The summed E-state index contributed by atoms with van der Waals surface area (Å²) in [6.45, 7) is 4.64. The fourth-order valence-corrected chi connectivity index (χ4v) is 6.76. The van der Waals surface area contributed by atoms with E-state index in [2.05, 4.69) is 4.74 Å². The molecule has 0 aromatic heterocycles. The van der Waals surface area contributed by atoms with Crippen LogP contribution in [0.4, 0.5) is 13.2 Å². The van der Waals surface area contributed by atoms with Gasteiger partial charge in [-0.3, -0.25) is 4.79 Å². The third-order valence-corrected chi connectivity index (χ3v) is 8.63. The van der Waals surface area contributed by atoms with Gasteiger partial charge in [0.25, 0.3) is 0 Å². The van der Waals surface area contributed by atoms with Crippen molar-refractivity contribution >= 4 is 22.1 Å². The van der Waals surface area contributed by atoms with E-state index in [4.69, 9.17) is 14.2 Å². The van der Waals surface area contributed by atoms with Crippen molar-refractivity contribution in [1.29, 1.82) is 0 Å². The van der Waals surface area contributed by atoms with Crippen LogP contribution in [0.5, 0.6) is 11.5 Å². The van der Waals surface area contributed by atoms with E-state index in [0.717, 1.165) is 18.6 Å². The molecule has 9 nitrogen and oxygen atoms in total. The van der Waals surface area contributed by atoms with Crippen molar-refractivity contribution in [2.24, 2.45) is 17.3 Å². The molecule has 0 spiro atoms. The highest BCUT2D eigenvalue weighted by atomic mass is 32.2. The number of esters is 2. The van der Waals surface area contributed by atoms with Crippen LogP contribution in [0.15, 0.2) is 18.2 Å². The Hall–Kier alpha value is -2.54. The molecule has 0 heterocycles. The van der Waals surface area contributed by atoms with Gasteiger partial charge in [0.1, 0.15) is 17.8 Å². The second kappa shape index (κ2) is 10.1. The minimum absolute atomic E-state index is 0.0283. The van der Waals surface area contributed by atoms with Crippen LogP contribution in [0.25, 0.3) is 0 Å². The Balaban J connectivity index is 1.55. The van der Waals surface area contributed by atoms with E-state index in [1.807, 2.05) is 0 Å². The van der Waals surface area contributed by atoms with Crippen molar-refractivity contribution in [2.75, 3.05) is 12.4 Å². The normalized spacial score (nSPS) is 28.2. The van der Waals surface area contributed by atoms with Gasteiger partial charge in [0.05, 0.1) is 26.8 Å². The number of benzene rings is 1. The van der Waals surface area contributed by atoms with E-state index >= 15 is 0 Å². The summed E-state index contributed by atoms with van der Waals surface area (Å²) in [4.78, 5) is 26.4. The van der Waals surface area contributed by atoms with Crippen LogP contribution in [0.2, 0.25) is 0 Å². The first kappa shape index (κ1) is 29.4. The average Bonchev–Trinajstić information content (AvgIpc) is 2.77. The van der Waals surface area contributed by atoms with Crippen LogP contribution < -0.4 is 9.47 Å². The molecule has 0 N–H and O–H groups in total. The molecule has 4 aliphatic rings. The number of hydrogen-bond acceptors (Lipinski definition) is 9. The standard InChI is InChI=1S/C26H33F3O9S/c1-4-23(2,3)36-20-10-18(5-6-19(20)37-26(27,28)29)21(30)38-25-13-16-9-17(14-25)12-24(11-16,15-25)22(31)35-7-8-39(32,33)34/h5-6,10,16-17H,4,7-9,11-15H2,1-3H3,(H,32,33,34)/p-1. The van der Waals surface area contributed by atoms with E-state index in [1.54, 1.807) is 20.8 Å². The van der Waals surface area contributed by atoms with Crippen LogP contribution in [0.3, 0.4) is 0 Å². The average molecular weight is 578 g/mol. The second-order valence-corrected chi connectivity index (χ2v) is 13.2. The lowest BCUT2D eigenvalue weighted by Gasteiger charge is -2.59. The zero-order valence-electron chi connectivity index (χ0n) is 22.0. The van der Waals surface area contributed by atoms with Crippen LogP contribution >= 0.6 is 0 Å². The van der Waals surface area contributed by atoms with Crippen molar-refractivity contribution in [3.8, 4) is 11.5 Å². The maximum Gasteiger partial charge on any atom is 0.573 e. The van der Waals surface area contributed by atoms with Crippen LogP contribution in [-0.2, 0) is 24.4 Å². The van der Waals surface area contributed by atoms with Crippen LogP contribution in [0.1, 0.15) is 76.1 Å². The lowest BCUT2D eigenvalue weighted by molar-refractivity contribution is -0.275. The Bertz CT molecular complexity index is 1210. The molecule has 4 bridgehead atoms. The molecule has 5 rings (SSSR count). The fraction of sp³-hybridized carbons (Fsp3) is 0.692. The van der Waals surface area contributed by atoms with Crippen molar-refractivity contribution in [3.05, 3.63) is 23.8 Å². The molecule has 4 fully saturated rings. The van der Waals surface area contributed by atoms with Crippen LogP contribution in [0, 0.1) is 17.3 Å². The predicted molar refractivity (Wildman–Crippen MR) is 129 cm³/mol. The number of carbonyl (C=O) groups excluding carboxylic acids is 2. The summed E-state index contributed by atoms with van der Waals surface area (Å²) in [5, 5.41) is 0. The molecule has 2 unspecified atom stereocenters. The highest BCUT2D eigenvalue weighted by Crippen LogP contribution is 2.63. The summed E-state index contributed by atoms with van der Waals surface area (Å²) in [7, 11) is -4.54. The van der Waals surface area contributed by atoms with Gasteiger partial charge in [-0.05, 0) is 82.4 Å². The van der Waals surface area contributed by atoms with Gasteiger partial charge in [-0.15, -0.1) is 13.2 Å². The Morgan fingerprint density at radius 3 is 2.26 bits per heavy atom. The molecule has 0 aliphatic heterocycles. The molecular weight excluding hydrogens is 545 g/mol. The lowest BCUT2D eigenvalue weighted by atomic mass is 9.48. The molecule has 218 valence electrons. The molecule has 2 atom stereocenters. The van der Waals surface area contributed by atoms with Crippen molar-refractivity contribution in [1.82, 2.24) is 0 Å². The quantitative estimate of drug-likeness (QED) is 0.286. The van der Waals surface area contributed by atoms with Gasteiger partial charge >= 0.3 is 18.3 Å². The predicted octanol–water partition coefficient (Wildman–Crippen LogP) is 4.74. The van der Waals surface area contributed by atoms with Crippen LogP contribution in [-0.4, -0.2) is 54.8 Å². The summed E-state index contributed by atoms with van der Waals surface area (Å²) < 4.78 is 92.7. The topological polar surface area (TPSA) is 128 Å². The molecule has 39 heavy (non-hydrogen) atoms. The van der Waals surface area contributed by atoms with E-state index in [0.29, 0.717) is 32.1 Å². The maximum absolute atomic E-state index is 13.3. The number of hydrogen-bond donors (Lipinski definition) is 0. The van der Waals surface area contributed by atoms with Gasteiger partial charge < -0.3 is 23.5 Å². The number of halogens is 3. The number of rotatable bonds is 10. The van der Waals surface area contributed by atoms with E-state index in [9.17, 15) is 35.7 Å². The highest BCUT2D eigenvalue weighted by Gasteiger charge is 2.63. The molecule has 0 saturated heterocycles. The minimum Gasteiger partial charge on any atom is -0.748 e. The summed E-state index contributed by atoms with van der Waals surface area (Å²) in [6, 6.07) is 3.34. The first-order valence-electron chi connectivity index (χ1n) is 12.9. The van der Waals surface area contributed by atoms with Crippen molar-refractivity contribution in [3.63, 3.8) is 0 Å². The van der Waals surface area contributed by atoms with Gasteiger partial charge in [-0.25, -0.2) is 13.2 Å². The van der Waals surface area contributed by atoms with E-state index < -0.39 is 63.1 Å². The van der Waals surface area contributed by atoms with E-state index in [-0.39, 0.29) is 29.6 Å². The first-order valence-corrected chi connectivity index (χ1v) is 14.4. The summed E-state index contributed by atoms with van der Waals surface area (Å²) in [6.07, 6.45) is -1.37. The smallest absolute Gasteiger partial charge is 0.573 e. The van der Waals surface area contributed by atoms with Gasteiger partial charge in [0.2, 0.25) is 0 Å². The van der Waals surface area contributed by atoms with Gasteiger partial charge in [0, 0.05) is 6.42 Å². The number of ether oxygens (including phenoxy) is 4. The Kier molecular flexibility index (Phi) is 7.65. The van der Waals surface area contributed by atoms with Gasteiger partial charge in [-0.2, -0.15) is 0 Å².